The Morgan fingerprint density at radius 2 is 1.63 bits per heavy atom. The van der Waals surface area contributed by atoms with Crippen molar-refractivity contribution >= 4 is 46.9 Å². The van der Waals surface area contributed by atoms with Gasteiger partial charge < -0.3 is 39.0 Å². The van der Waals surface area contributed by atoms with Crippen molar-refractivity contribution in [1.29, 1.82) is 0 Å². The molecule has 0 radical (unpaired) electrons. The number of hydrogen-bond acceptors (Lipinski definition) is 7. The SMILES string of the molecule is COc1cc2c(cc1OCCCC(=O)Nc1cc(C(=O)Nc3cc(C(=O)N4CCCC4)n(C)c3)n(C)c1)N=C[C@@H]1CCCN1C2=O. The fourth-order valence-corrected chi connectivity index (χ4v) is 6.24. The first-order valence-corrected chi connectivity index (χ1v) is 15.6. The van der Waals surface area contributed by atoms with Gasteiger partial charge in [0.15, 0.2) is 11.5 Å². The van der Waals surface area contributed by atoms with Crippen molar-refractivity contribution in [3.8, 4) is 11.5 Å². The molecule has 46 heavy (non-hydrogen) atoms. The van der Waals surface area contributed by atoms with E-state index in [0.717, 1.165) is 38.8 Å². The quantitative estimate of drug-likeness (QED) is 0.326. The summed E-state index contributed by atoms with van der Waals surface area (Å²) < 4.78 is 14.8. The smallest absolute Gasteiger partial charge is 0.272 e. The maximum Gasteiger partial charge on any atom is 0.272 e. The first kappa shape index (κ1) is 30.9. The number of carbonyl (C=O) groups is 4. The molecule has 0 aliphatic carbocycles. The Hall–Kier alpha value is -5.07. The van der Waals surface area contributed by atoms with Gasteiger partial charge in [0, 0.05) is 64.8 Å². The molecule has 2 fully saturated rings. The van der Waals surface area contributed by atoms with Crippen LogP contribution in [0, 0.1) is 0 Å². The Balaban J connectivity index is 1.01. The molecule has 3 aromatic rings. The van der Waals surface area contributed by atoms with Gasteiger partial charge in [-0.3, -0.25) is 24.2 Å². The van der Waals surface area contributed by atoms with Crippen LogP contribution in [-0.2, 0) is 18.9 Å². The zero-order chi connectivity index (χ0) is 32.4. The van der Waals surface area contributed by atoms with Crippen LogP contribution in [0.5, 0.6) is 11.5 Å². The van der Waals surface area contributed by atoms with Gasteiger partial charge in [0.1, 0.15) is 11.4 Å². The van der Waals surface area contributed by atoms with Gasteiger partial charge in [-0.2, -0.15) is 0 Å². The van der Waals surface area contributed by atoms with Crippen molar-refractivity contribution in [3.63, 3.8) is 0 Å². The van der Waals surface area contributed by atoms with E-state index in [9.17, 15) is 19.2 Å². The van der Waals surface area contributed by atoms with E-state index in [1.54, 1.807) is 59.9 Å². The lowest BCUT2D eigenvalue weighted by Gasteiger charge is -2.20. The third-order valence-corrected chi connectivity index (χ3v) is 8.66. The zero-order valence-corrected chi connectivity index (χ0v) is 26.4. The van der Waals surface area contributed by atoms with Gasteiger partial charge in [0.2, 0.25) is 5.91 Å². The molecule has 3 aliphatic rings. The standard InChI is InChI=1S/C33H39N7O6/c1-37-19-21(14-26(37)31(42)36-22-15-27(38(2)20-22)33(44)39-10-4-5-11-39)35-30(41)9-7-13-46-29-17-25-24(16-28(29)45-3)32(43)40-12-6-8-23(40)18-34-25/h14-20,23H,4-13H2,1-3H3,(H,35,41)(H,36,42)/t23-/m0/s1. The lowest BCUT2D eigenvalue weighted by Crippen LogP contribution is -2.35. The van der Waals surface area contributed by atoms with Gasteiger partial charge in [0.25, 0.3) is 17.7 Å². The van der Waals surface area contributed by atoms with Crippen molar-refractivity contribution in [3.05, 3.63) is 53.6 Å². The first-order valence-electron chi connectivity index (χ1n) is 15.6. The number of ether oxygens (including phenoxy) is 2. The fraction of sp³-hybridized carbons (Fsp3) is 0.424. The molecule has 6 rings (SSSR count). The molecule has 13 nitrogen and oxygen atoms in total. The summed E-state index contributed by atoms with van der Waals surface area (Å²) in [7, 11) is 5.03. The highest BCUT2D eigenvalue weighted by Gasteiger charge is 2.32. The average Bonchev–Trinajstić information content (AvgIpc) is 3.84. The molecule has 4 amide bonds. The van der Waals surface area contributed by atoms with Crippen molar-refractivity contribution in [2.45, 2.75) is 44.6 Å². The van der Waals surface area contributed by atoms with Gasteiger partial charge in [0.05, 0.1) is 42.4 Å². The number of fused-ring (bicyclic) bond motifs is 2. The number of aromatic nitrogens is 2. The zero-order valence-electron chi connectivity index (χ0n) is 26.4. The van der Waals surface area contributed by atoms with Crippen LogP contribution in [0.4, 0.5) is 17.1 Å². The second kappa shape index (κ2) is 13.1. The number of amides is 4. The molecule has 2 N–H and O–H groups in total. The highest BCUT2D eigenvalue weighted by atomic mass is 16.5. The maximum absolute atomic E-state index is 13.1. The molecule has 3 aliphatic heterocycles. The monoisotopic (exact) mass is 629 g/mol. The molecule has 0 spiro atoms. The Bertz CT molecular complexity index is 1700. The van der Waals surface area contributed by atoms with E-state index in [1.807, 2.05) is 16.0 Å². The van der Waals surface area contributed by atoms with Gasteiger partial charge in [-0.1, -0.05) is 0 Å². The summed E-state index contributed by atoms with van der Waals surface area (Å²) in [6.45, 7) is 2.46. The van der Waals surface area contributed by atoms with Crippen LogP contribution in [0.25, 0.3) is 0 Å². The number of methoxy groups -OCH3 is 1. The van der Waals surface area contributed by atoms with Gasteiger partial charge >= 0.3 is 0 Å². The predicted molar refractivity (Wildman–Crippen MR) is 172 cm³/mol. The molecule has 0 bridgehead atoms. The largest absolute Gasteiger partial charge is 0.493 e. The van der Waals surface area contributed by atoms with E-state index in [-0.39, 0.29) is 42.7 Å². The van der Waals surface area contributed by atoms with E-state index in [0.29, 0.717) is 58.5 Å². The number of benzene rings is 1. The van der Waals surface area contributed by atoms with E-state index in [2.05, 4.69) is 15.6 Å². The lowest BCUT2D eigenvalue weighted by atomic mass is 10.1. The molecular formula is C33H39N7O6. The Labute approximate surface area is 267 Å². The van der Waals surface area contributed by atoms with Crippen LogP contribution in [0.2, 0.25) is 0 Å². The van der Waals surface area contributed by atoms with Crippen LogP contribution in [0.3, 0.4) is 0 Å². The number of nitrogens with zero attached hydrogens (tertiary/aromatic N) is 5. The minimum absolute atomic E-state index is 0.0114. The van der Waals surface area contributed by atoms with Crippen LogP contribution in [0.1, 0.15) is 69.9 Å². The van der Waals surface area contributed by atoms with Crippen LogP contribution in [0.15, 0.2) is 41.7 Å². The number of likely N-dealkylation sites (tertiary alicyclic amines) is 1. The predicted octanol–water partition coefficient (Wildman–Crippen LogP) is 3.98. The van der Waals surface area contributed by atoms with Gasteiger partial charge in [-0.25, -0.2) is 0 Å². The molecule has 2 saturated heterocycles. The number of aryl methyl sites for hydroxylation is 2. The molecule has 1 aromatic carbocycles. The van der Waals surface area contributed by atoms with Crippen LogP contribution in [-0.4, -0.2) is 88.2 Å². The molecular weight excluding hydrogens is 590 g/mol. The summed E-state index contributed by atoms with van der Waals surface area (Å²) in [6, 6.07) is 6.69. The van der Waals surface area contributed by atoms with Crippen molar-refractivity contribution in [2.75, 3.05) is 44.0 Å². The second-order valence-corrected chi connectivity index (χ2v) is 11.9. The molecule has 242 valence electrons. The Kier molecular flexibility index (Phi) is 8.82. The molecule has 1 atom stereocenters. The summed E-state index contributed by atoms with van der Waals surface area (Å²) in [5.41, 5.74) is 2.91. The number of hydrogen-bond donors (Lipinski definition) is 2. The average molecular weight is 630 g/mol. The molecule has 5 heterocycles. The Morgan fingerprint density at radius 3 is 2.39 bits per heavy atom. The summed E-state index contributed by atoms with van der Waals surface area (Å²) >= 11 is 0. The van der Waals surface area contributed by atoms with Gasteiger partial charge in [-0.15, -0.1) is 0 Å². The molecule has 0 unspecified atom stereocenters. The van der Waals surface area contributed by atoms with E-state index < -0.39 is 0 Å². The van der Waals surface area contributed by atoms with Crippen molar-refractivity contribution < 1.29 is 28.7 Å². The number of carbonyl (C=O) groups excluding carboxylic acids is 4. The molecule has 2 aromatic heterocycles. The van der Waals surface area contributed by atoms with Crippen LogP contribution >= 0.6 is 0 Å². The first-order chi connectivity index (χ1) is 22.2. The minimum atomic E-state index is -0.358. The van der Waals surface area contributed by atoms with Gasteiger partial charge in [-0.05, 0) is 50.3 Å². The third kappa shape index (κ3) is 6.35. The molecule has 0 saturated carbocycles. The number of nitrogens with one attached hydrogen (secondary N) is 2. The van der Waals surface area contributed by atoms with E-state index in [4.69, 9.17) is 9.47 Å². The third-order valence-electron chi connectivity index (χ3n) is 8.66. The Morgan fingerprint density at radius 1 is 0.913 bits per heavy atom. The number of anilines is 2. The minimum Gasteiger partial charge on any atom is -0.493 e. The van der Waals surface area contributed by atoms with E-state index >= 15 is 0 Å². The van der Waals surface area contributed by atoms with Crippen LogP contribution < -0.4 is 20.1 Å². The molecule has 13 heteroatoms. The maximum atomic E-state index is 13.1. The summed E-state index contributed by atoms with van der Waals surface area (Å²) in [4.78, 5) is 59.9. The summed E-state index contributed by atoms with van der Waals surface area (Å²) in [6.07, 6.45) is 9.70. The highest BCUT2D eigenvalue weighted by Crippen LogP contribution is 2.38. The summed E-state index contributed by atoms with van der Waals surface area (Å²) in [5.74, 6) is 0.208. The highest BCUT2D eigenvalue weighted by molar-refractivity contribution is 6.06. The second-order valence-electron chi connectivity index (χ2n) is 11.9. The number of aliphatic imine (C=N–C) groups is 1. The van der Waals surface area contributed by atoms with Crippen molar-refractivity contribution in [2.24, 2.45) is 19.1 Å². The van der Waals surface area contributed by atoms with Crippen molar-refractivity contribution in [1.82, 2.24) is 18.9 Å². The summed E-state index contributed by atoms with van der Waals surface area (Å²) in [5, 5.41) is 5.69. The number of rotatable bonds is 10. The topological polar surface area (TPSA) is 139 Å². The van der Waals surface area contributed by atoms with E-state index in [1.165, 1.54) is 7.11 Å². The lowest BCUT2D eigenvalue weighted by molar-refractivity contribution is -0.116. The normalized spacial score (nSPS) is 17.0. The fourth-order valence-electron chi connectivity index (χ4n) is 6.24.